The van der Waals surface area contributed by atoms with Gasteiger partial charge in [-0.25, -0.2) is 8.42 Å². The summed E-state index contributed by atoms with van der Waals surface area (Å²) in [7, 11) is -3.62. The molecule has 1 fully saturated rings. The van der Waals surface area contributed by atoms with E-state index in [1.165, 1.54) is 4.31 Å². The standard InChI is InChI=1S/C22H25NO3S/c1-16(2)13-19-14-23(27(25,26)20-11-9-17(3)10-12-20)15-21(19)22(24)18-7-5-4-6-8-18/h4-13,19,21H,14-15H2,1-3H3. The van der Waals surface area contributed by atoms with Gasteiger partial charge in [0.15, 0.2) is 5.78 Å². The maximum Gasteiger partial charge on any atom is 0.243 e. The van der Waals surface area contributed by atoms with Gasteiger partial charge in [0.25, 0.3) is 0 Å². The average Bonchev–Trinajstić information content (AvgIpc) is 3.06. The normalized spacial score (nSPS) is 20.4. The van der Waals surface area contributed by atoms with Crippen molar-refractivity contribution in [3.8, 4) is 0 Å². The van der Waals surface area contributed by atoms with E-state index in [-0.39, 0.29) is 29.1 Å². The van der Waals surface area contributed by atoms with Crippen LogP contribution in [0.25, 0.3) is 0 Å². The highest BCUT2D eigenvalue weighted by Gasteiger charge is 2.41. The van der Waals surface area contributed by atoms with E-state index in [2.05, 4.69) is 0 Å². The average molecular weight is 384 g/mol. The van der Waals surface area contributed by atoms with Crippen molar-refractivity contribution in [2.75, 3.05) is 13.1 Å². The second kappa shape index (κ2) is 7.79. The summed E-state index contributed by atoms with van der Waals surface area (Å²) in [6, 6.07) is 16.0. The van der Waals surface area contributed by atoms with Crippen molar-refractivity contribution < 1.29 is 13.2 Å². The lowest BCUT2D eigenvalue weighted by Gasteiger charge is -2.16. The number of allylic oxidation sites excluding steroid dienone is 1. The molecule has 0 amide bonds. The molecule has 2 aromatic carbocycles. The van der Waals surface area contributed by atoms with Crippen molar-refractivity contribution in [3.63, 3.8) is 0 Å². The Morgan fingerprint density at radius 3 is 2.22 bits per heavy atom. The molecule has 1 saturated heterocycles. The molecule has 1 heterocycles. The van der Waals surface area contributed by atoms with E-state index in [9.17, 15) is 13.2 Å². The molecular formula is C22H25NO3S. The van der Waals surface area contributed by atoms with Crippen molar-refractivity contribution in [2.24, 2.45) is 11.8 Å². The Labute approximate surface area is 161 Å². The number of carbonyl (C=O) groups excluding carboxylic acids is 1. The number of sulfonamides is 1. The second-order valence-electron chi connectivity index (χ2n) is 7.38. The summed E-state index contributed by atoms with van der Waals surface area (Å²) in [4.78, 5) is 13.3. The highest BCUT2D eigenvalue weighted by Crippen LogP contribution is 2.32. The molecule has 0 N–H and O–H groups in total. The molecule has 0 bridgehead atoms. The van der Waals surface area contributed by atoms with Crippen LogP contribution in [0, 0.1) is 18.8 Å². The van der Waals surface area contributed by atoms with Crippen LogP contribution in [0.1, 0.15) is 29.8 Å². The number of hydrogen-bond donors (Lipinski definition) is 0. The second-order valence-corrected chi connectivity index (χ2v) is 9.32. The third-order valence-electron chi connectivity index (χ3n) is 4.93. The van der Waals surface area contributed by atoms with Crippen LogP contribution in [-0.4, -0.2) is 31.6 Å². The first-order chi connectivity index (χ1) is 12.8. The van der Waals surface area contributed by atoms with E-state index in [4.69, 9.17) is 0 Å². The van der Waals surface area contributed by atoms with Gasteiger partial charge in [0.2, 0.25) is 10.0 Å². The smallest absolute Gasteiger partial charge is 0.243 e. The summed E-state index contributed by atoms with van der Waals surface area (Å²) < 4.78 is 27.6. The fourth-order valence-electron chi connectivity index (χ4n) is 3.54. The molecule has 4 nitrogen and oxygen atoms in total. The molecule has 27 heavy (non-hydrogen) atoms. The Balaban J connectivity index is 1.92. The van der Waals surface area contributed by atoms with Gasteiger partial charge in [-0.1, -0.05) is 59.7 Å². The van der Waals surface area contributed by atoms with Gasteiger partial charge in [0.1, 0.15) is 0 Å². The molecule has 1 aliphatic heterocycles. The molecule has 142 valence electrons. The van der Waals surface area contributed by atoms with Crippen LogP contribution in [0.4, 0.5) is 0 Å². The zero-order valence-electron chi connectivity index (χ0n) is 15.9. The van der Waals surface area contributed by atoms with Crippen LogP contribution in [0.15, 0.2) is 71.1 Å². The summed E-state index contributed by atoms with van der Waals surface area (Å²) in [5, 5.41) is 0. The molecule has 2 atom stereocenters. The van der Waals surface area contributed by atoms with Gasteiger partial charge in [-0.3, -0.25) is 4.79 Å². The number of Topliss-reactive ketones (excluding diaryl/α,β-unsaturated/α-hetero) is 1. The number of hydrogen-bond acceptors (Lipinski definition) is 3. The molecule has 2 unspecified atom stereocenters. The number of aryl methyl sites for hydroxylation is 1. The van der Waals surface area contributed by atoms with Gasteiger partial charge in [0.05, 0.1) is 4.90 Å². The Hall–Kier alpha value is -2.24. The largest absolute Gasteiger partial charge is 0.294 e. The maximum absolute atomic E-state index is 13.1. The molecule has 0 aliphatic carbocycles. The van der Waals surface area contributed by atoms with Gasteiger partial charge >= 0.3 is 0 Å². The highest BCUT2D eigenvalue weighted by molar-refractivity contribution is 7.89. The predicted molar refractivity (Wildman–Crippen MR) is 107 cm³/mol. The topological polar surface area (TPSA) is 54.5 Å². The summed E-state index contributed by atoms with van der Waals surface area (Å²) in [6.07, 6.45) is 2.02. The van der Waals surface area contributed by atoms with Crippen molar-refractivity contribution in [3.05, 3.63) is 77.4 Å². The highest BCUT2D eigenvalue weighted by atomic mass is 32.2. The van der Waals surface area contributed by atoms with Crippen LogP contribution < -0.4 is 0 Å². The zero-order valence-corrected chi connectivity index (χ0v) is 16.7. The SMILES string of the molecule is CC(C)=CC1CN(S(=O)(=O)c2ccc(C)cc2)CC1C(=O)c1ccccc1. The number of rotatable bonds is 5. The third-order valence-corrected chi connectivity index (χ3v) is 6.78. The minimum atomic E-state index is -3.62. The number of nitrogens with zero attached hydrogens (tertiary/aromatic N) is 1. The molecular weight excluding hydrogens is 358 g/mol. The van der Waals surface area contributed by atoms with E-state index in [1.54, 1.807) is 36.4 Å². The van der Waals surface area contributed by atoms with Gasteiger partial charge in [-0.15, -0.1) is 0 Å². The zero-order chi connectivity index (χ0) is 19.6. The number of ketones is 1. The summed E-state index contributed by atoms with van der Waals surface area (Å²) >= 11 is 0. The first-order valence-electron chi connectivity index (χ1n) is 9.10. The molecule has 0 saturated carbocycles. The first kappa shape index (κ1) is 19.5. The fourth-order valence-corrected chi connectivity index (χ4v) is 5.04. The fraction of sp³-hybridized carbons (Fsp3) is 0.318. The van der Waals surface area contributed by atoms with Crippen LogP contribution in [0.2, 0.25) is 0 Å². The van der Waals surface area contributed by atoms with E-state index in [0.29, 0.717) is 12.1 Å². The van der Waals surface area contributed by atoms with E-state index in [0.717, 1.165) is 11.1 Å². The molecule has 2 aromatic rings. The Bertz CT molecular complexity index is 943. The summed E-state index contributed by atoms with van der Waals surface area (Å²) in [5.74, 6) is -0.495. The Morgan fingerprint density at radius 2 is 1.63 bits per heavy atom. The first-order valence-corrected chi connectivity index (χ1v) is 10.5. The maximum atomic E-state index is 13.1. The van der Waals surface area contributed by atoms with Gasteiger partial charge < -0.3 is 0 Å². The lowest BCUT2D eigenvalue weighted by Crippen LogP contribution is -2.30. The van der Waals surface area contributed by atoms with Gasteiger partial charge in [-0.05, 0) is 32.9 Å². The van der Waals surface area contributed by atoms with E-state index in [1.807, 2.05) is 45.0 Å². The van der Waals surface area contributed by atoms with Crippen molar-refractivity contribution in [2.45, 2.75) is 25.7 Å². The number of carbonyl (C=O) groups is 1. The van der Waals surface area contributed by atoms with E-state index >= 15 is 0 Å². The monoisotopic (exact) mass is 383 g/mol. The molecule has 0 radical (unpaired) electrons. The van der Waals surface area contributed by atoms with Gasteiger partial charge in [-0.2, -0.15) is 4.31 Å². The molecule has 0 aromatic heterocycles. The Morgan fingerprint density at radius 1 is 1.00 bits per heavy atom. The third kappa shape index (κ3) is 4.20. The molecule has 5 heteroatoms. The lowest BCUT2D eigenvalue weighted by molar-refractivity contribution is 0.0912. The van der Waals surface area contributed by atoms with Crippen molar-refractivity contribution in [1.82, 2.24) is 4.31 Å². The lowest BCUT2D eigenvalue weighted by atomic mass is 9.87. The number of benzene rings is 2. The van der Waals surface area contributed by atoms with E-state index < -0.39 is 10.0 Å². The van der Waals surface area contributed by atoms with Crippen molar-refractivity contribution >= 4 is 15.8 Å². The van der Waals surface area contributed by atoms with Gasteiger partial charge in [0, 0.05) is 30.5 Å². The van der Waals surface area contributed by atoms with Crippen LogP contribution in [-0.2, 0) is 10.0 Å². The minimum Gasteiger partial charge on any atom is -0.294 e. The predicted octanol–water partition coefficient (Wildman–Crippen LogP) is 4.08. The van der Waals surface area contributed by atoms with Crippen LogP contribution >= 0.6 is 0 Å². The Kier molecular flexibility index (Phi) is 5.63. The minimum absolute atomic E-state index is 0.000272. The molecule has 0 spiro atoms. The van der Waals surface area contributed by atoms with Crippen LogP contribution in [0.5, 0.6) is 0 Å². The molecule has 1 aliphatic rings. The summed E-state index contributed by atoms with van der Waals surface area (Å²) in [5.41, 5.74) is 2.72. The summed E-state index contributed by atoms with van der Waals surface area (Å²) in [6.45, 7) is 6.40. The van der Waals surface area contributed by atoms with Crippen LogP contribution in [0.3, 0.4) is 0 Å². The molecule has 3 rings (SSSR count). The quantitative estimate of drug-likeness (QED) is 0.577. The van der Waals surface area contributed by atoms with Crippen molar-refractivity contribution in [1.29, 1.82) is 0 Å².